The van der Waals surface area contributed by atoms with Gasteiger partial charge in [-0.2, -0.15) is 0 Å². The molecule has 4 rings (SSSR count). The van der Waals surface area contributed by atoms with E-state index in [9.17, 15) is 4.79 Å². The van der Waals surface area contributed by atoms with Crippen LogP contribution in [0.5, 0.6) is 0 Å². The molecule has 4 atom stereocenters. The normalized spacial score (nSPS) is 27.5. The Kier molecular flexibility index (Phi) is 5.42. The van der Waals surface area contributed by atoms with Crippen molar-refractivity contribution in [2.75, 3.05) is 13.1 Å². The summed E-state index contributed by atoms with van der Waals surface area (Å²) in [5.41, 5.74) is 8.21. The number of fused-ring (bicyclic) bond motifs is 6. The average molecular weight is 357 g/mol. The Morgan fingerprint density at radius 2 is 2.04 bits per heavy atom. The molecule has 4 unspecified atom stereocenters. The highest BCUT2D eigenvalue weighted by Crippen LogP contribution is 2.45. The van der Waals surface area contributed by atoms with Crippen LogP contribution in [0.2, 0.25) is 0 Å². The van der Waals surface area contributed by atoms with Crippen LogP contribution in [0.25, 0.3) is 11.0 Å². The van der Waals surface area contributed by atoms with E-state index in [2.05, 4.69) is 25.7 Å². The summed E-state index contributed by atoms with van der Waals surface area (Å²) in [7, 11) is 0. The van der Waals surface area contributed by atoms with E-state index in [4.69, 9.17) is 10.2 Å². The van der Waals surface area contributed by atoms with Crippen molar-refractivity contribution in [3.8, 4) is 0 Å². The van der Waals surface area contributed by atoms with E-state index in [-0.39, 0.29) is 5.91 Å². The number of benzene rings is 1. The molecule has 1 aromatic carbocycles. The van der Waals surface area contributed by atoms with Gasteiger partial charge >= 0.3 is 0 Å². The summed E-state index contributed by atoms with van der Waals surface area (Å²) in [6.07, 6.45) is 2.16. The lowest BCUT2D eigenvalue weighted by molar-refractivity contribution is 0.0640. The molecule has 0 radical (unpaired) electrons. The second-order valence-electron chi connectivity index (χ2n) is 7.95. The molecule has 0 saturated carbocycles. The lowest BCUT2D eigenvalue weighted by Gasteiger charge is -2.44. The molecule has 1 fully saturated rings. The van der Waals surface area contributed by atoms with Gasteiger partial charge in [-0.3, -0.25) is 9.69 Å². The number of amides is 1. The number of nitrogens with zero attached hydrogens (tertiary/aromatic N) is 1. The van der Waals surface area contributed by atoms with E-state index in [0.29, 0.717) is 29.4 Å². The number of furan rings is 1. The maximum Gasteiger partial charge on any atom is 0.248 e. The molecule has 4 nitrogen and oxygen atoms in total. The van der Waals surface area contributed by atoms with Crippen LogP contribution in [0.1, 0.15) is 68.6 Å². The first-order chi connectivity index (χ1) is 12.5. The molecule has 3 heterocycles. The second-order valence-corrected chi connectivity index (χ2v) is 7.95. The van der Waals surface area contributed by atoms with Crippen molar-refractivity contribution in [1.29, 1.82) is 0 Å². The van der Waals surface area contributed by atoms with Gasteiger partial charge in [0, 0.05) is 41.6 Å². The third-order valence-corrected chi connectivity index (χ3v) is 5.81. The van der Waals surface area contributed by atoms with Gasteiger partial charge in [0.05, 0.1) is 0 Å². The van der Waals surface area contributed by atoms with Gasteiger partial charge in [0.1, 0.15) is 11.3 Å². The molecule has 2 aromatic rings. The highest BCUT2D eigenvalue weighted by atomic mass is 16.3. The topological polar surface area (TPSA) is 59.5 Å². The van der Waals surface area contributed by atoms with Crippen LogP contribution in [0, 0.1) is 11.8 Å². The highest BCUT2D eigenvalue weighted by molar-refractivity contribution is 5.97. The summed E-state index contributed by atoms with van der Waals surface area (Å²) in [5.74, 6) is 2.50. The molecule has 1 aromatic heterocycles. The number of primary amides is 1. The van der Waals surface area contributed by atoms with Gasteiger partial charge in [0.2, 0.25) is 5.91 Å². The van der Waals surface area contributed by atoms with Crippen LogP contribution >= 0.6 is 0 Å². The van der Waals surface area contributed by atoms with E-state index < -0.39 is 0 Å². The molecule has 4 heteroatoms. The Balaban J connectivity index is 0.000000948. The van der Waals surface area contributed by atoms with Crippen LogP contribution in [-0.2, 0) is 6.42 Å². The second kappa shape index (κ2) is 7.43. The monoisotopic (exact) mass is 356 g/mol. The Labute approximate surface area is 156 Å². The summed E-state index contributed by atoms with van der Waals surface area (Å²) in [6, 6.07) is 6.12. The number of carbonyl (C=O) groups is 1. The fourth-order valence-electron chi connectivity index (χ4n) is 4.95. The highest BCUT2D eigenvalue weighted by Gasteiger charge is 2.42. The van der Waals surface area contributed by atoms with Crippen molar-refractivity contribution in [3.63, 3.8) is 0 Å². The van der Waals surface area contributed by atoms with Crippen LogP contribution in [0.3, 0.4) is 0 Å². The standard InChI is InChI=1S/C20H26N2O2.C2H6/c1-11(2)18-16-8-12(3)10-22(18)7-6-14-15-9-13(20(21)23)4-5-17(15)24-19(14)16;1-2/h4-5,9,11-12,16,18H,6-8,10H2,1-3H3,(H2,21,23);1-2H3. The molecule has 142 valence electrons. The van der Waals surface area contributed by atoms with Crippen LogP contribution in [0.4, 0.5) is 0 Å². The fourth-order valence-corrected chi connectivity index (χ4v) is 4.95. The fraction of sp³-hybridized carbons (Fsp3) is 0.591. The molecule has 2 aliphatic rings. The SMILES string of the molecule is CC.CC1CC2c3oc4ccc(C(N)=O)cc4c3CCN(C1)C2C(C)C. The number of carbonyl (C=O) groups excluding carboxylic acids is 1. The lowest BCUT2D eigenvalue weighted by atomic mass is 9.78. The van der Waals surface area contributed by atoms with Crippen LogP contribution < -0.4 is 5.73 Å². The summed E-state index contributed by atoms with van der Waals surface area (Å²) >= 11 is 0. The molecule has 1 amide bonds. The number of piperidine rings is 1. The Morgan fingerprint density at radius 3 is 2.69 bits per heavy atom. The molecule has 0 aliphatic carbocycles. The first-order valence-electron chi connectivity index (χ1n) is 10.0. The number of hydrogen-bond donors (Lipinski definition) is 1. The maximum atomic E-state index is 11.6. The number of hydrogen-bond acceptors (Lipinski definition) is 3. The van der Waals surface area contributed by atoms with Crippen molar-refractivity contribution in [1.82, 2.24) is 4.90 Å². The van der Waals surface area contributed by atoms with E-state index in [1.807, 2.05) is 26.0 Å². The van der Waals surface area contributed by atoms with Crippen LogP contribution in [0.15, 0.2) is 22.6 Å². The minimum absolute atomic E-state index is 0.378. The molecule has 0 spiro atoms. The Morgan fingerprint density at radius 1 is 1.31 bits per heavy atom. The number of rotatable bonds is 2. The minimum atomic E-state index is -0.378. The minimum Gasteiger partial charge on any atom is -0.460 e. The van der Waals surface area contributed by atoms with E-state index in [1.54, 1.807) is 6.07 Å². The summed E-state index contributed by atoms with van der Waals surface area (Å²) < 4.78 is 6.34. The Hall–Kier alpha value is -1.81. The van der Waals surface area contributed by atoms with Crippen molar-refractivity contribution >= 4 is 16.9 Å². The third kappa shape index (κ3) is 3.16. The molecular formula is C22H32N2O2. The van der Waals surface area contributed by atoms with Gasteiger partial charge < -0.3 is 10.2 Å². The lowest BCUT2D eigenvalue weighted by Crippen LogP contribution is -2.49. The van der Waals surface area contributed by atoms with E-state index >= 15 is 0 Å². The van der Waals surface area contributed by atoms with Gasteiger partial charge in [0.25, 0.3) is 0 Å². The molecule has 2 N–H and O–H groups in total. The van der Waals surface area contributed by atoms with Gasteiger partial charge in [-0.1, -0.05) is 34.6 Å². The van der Waals surface area contributed by atoms with E-state index in [0.717, 1.165) is 29.7 Å². The predicted molar refractivity (Wildman–Crippen MR) is 107 cm³/mol. The first kappa shape index (κ1) is 19.0. The predicted octanol–water partition coefficient (Wildman–Crippen LogP) is 4.56. The zero-order chi connectivity index (χ0) is 19.0. The zero-order valence-corrected chi connectivity index (χ0v) is 16.7. The van der Waals surface area contributed by atoms with Crippen molar-refractivity contribution in [3.05, 3.63) is 35.1 Å². The maximum absolute atomic E-state index is 11.6. The first-order valence-corrected chi connectivity index (χ1v) is 10.0. The molecule has 1 saturated heterocycles. The number of nitrogens with two attached hydrogens (primary N) is 1. The van der Waals surface area contributed by atoms with Crippen LogP contribution in [-0.4, -0.2) is 29.9 Å². The molecule has 2 aliphatic heterocycles. The zero-order valence-electron chi connectivity index (χ0n) is 16.7. The van der Waals surface area contributed by atoms with Crippen molar-refractivity contribution < 1.29 is 9.21 Å². The Bertz CT molecular complexity index is 793. The molecular weight excluding hydrogens is 324 g/mol. The van der Waals surface area contributed by atoms with Gasteiger partial charge in [0.15, 0.2) is 0 Å². The third-order valence-electron chi connectivity index (χ3n) is 5.81. The largest absolute Gasteiger partial charge is 0.460 e. The summed E-state index contributed by atoms with van der Waals surface area (Å²) in [6.45, 7) is 13.2. The average Bonchev–Trinajstić information content (AvgIpc) is 2.93. The smallest absolute Gasteiger partial charge is 0.248 e. The quantitative estimate of drug-likeness (QED) is 0.858. The van der Waals surface area contributed by atoms with Gasteiger partial charge in [-0.15, -0.1) is 0 Å². The van der Waals surface area contributed by atoms with E-state index in [1.165, 1.54) is 18.5 Å². The molecule has 26 heavy (non-hydrogen) atoms. The summed E-state index contributed by atoms with van der Waals surface area (Å²) in [5, 5.41) is 1.07. The summed E-state index contributed by atoms with van der Waals surface area (Å²) in [4.78, 5) is 14.2. The molecule has 2 bridgehead atoms. The van der Waals surface area contributed by atoms with Crippen molar-refractivity contribution in [2.24, 2.45) is 17.6 Å². The van der Waals surface area contributed by atoms with Crippen molar-refractivity contribution in [2.45, 2.75) is 59.4 Å². The van der Waals surface area contributed by atoms with Gasteiger partial charge in [-0.05, 0) is 42.9 Å². The van der Waals surface area contributed by atoms with Gasteiger partial charge in [-0.25, -0.2) is 0 Å².